The molecule has 2 aliphatic carbocycles. The number of carboxylic acids is 1. The molecule has 11 heteroatoms. The van der Waals surface area contributed by atoms with Crippen molar-refractivity contribution in [1.29, 1.82) is 0 Å². The molecule has 35 heavy (non-hydrogen) atoms. The second-order valence-electron chi connectivity index (χ2n) is 9.71. The number of phenols is 1. The number of carbonyl (C=O) groups is 3. The molecule has 0 radical (unpaired) electrons. The number of rotatable bonds is 6. The van der Waals surface area contributed by atoms with Crippen molar-refractivity contribution >= 4 is 17.9 Å². The maximum absolute atomic E-state index is 12.8. The van der Waals surface area contributed by atoms with Gasteiger partial charge in [-0.15, -0.1) is 0 Å². The minimum absolute atomic E-state index is 0.0581. The summed E-state index contributed by atoms with van der Waals surface area (Å²) in [5.74, 6) is -3.20. The summed E-state index contributed by atoms with van der Waals surface area (Å²) >= 11 is 0. The first-order chi connectivity index (χ1) is 16.5. The molecule has 4 N–H and O–H groups in total. The van der Waals surface area contributed by atoms with Crippen molar-refractivity contribution in [3.8, 4) is 11.5 Å². The third kappa shape index (κ3) is 3.25. The number of carbonyl (C=O) groups excluding carboxylic acids is 2. The van der Waals surface area contributed by atoms with Crippen LogP contribution in [0.15, 0.2) is 24.0 Å². The summed E-state index contributed by atoms with van der Waals surface area (Å²) in [7, 11) is 1.96. The van der Waals surface area contributed by atoms with Gasteiger partial charge in [0.25, 0.3) is 0 Å². The number of benzene rings is 1. The van der Waals surface area contributed by atoms with E-state index in [1.54, 1.807) is 12.1 Å². The Morgan fingerprint density at radius 1 is 1.31 bits per heavy atom. The molecule has 2 heterocycles. The number of nitrogens with zero attached hydrogens (tertiary/aromatic N) is 1. The second kappa shape index (κ2) is 7.94. The number of piperidine rings is 1. The fourth-order valence-electron chi connectivity index (χ4n) is 6.18. The van der Waals surface area contributed by atoms with Gasteiger partial charge in [0.1, 0.15) is 5.76 Å². The highest BCUT2D eigenvalue weighted by Gasteiger charge is 2.72. The summed E-state index contributed by atoms with van der Waals surface area (Å²) in [5.41, 5.74) is -0.425. The van der Waals surface area contributed by atoms with Crippen molar-refractivity contribution in [2.45, 2.75) is 68.0 Å². The third-order valence-electron chi connectivity index (χ3n) is 7.86. The van der Waals surface area contributed by atoms with Crippen molar-refractivity contribution in [2.75, 3.05) is 13.6 Å². The SMILES string of the molecule is C[C@H](OC(=O)C[C@H](O)C(=O)O)C(=O)OC1=CC[C@@]2(O)[C@H]3Cc4ccc(O)c5c4C2(CCN3C)C1O5. The Bertz CT molecular complexity index is 1150. The summed E-state index contributed by atoms with van der Waals surface area (Å²) in [6, 6.07) is 3.20. The molecule has 1 saturated heterocycles. The number of hydrogen-bond acceptors (Lipinski definition) is 10. The molecular weight excluding hydrogens is 462 g/mol. The lowest BCUT2D eigenvalue weighted by atomic mass is 9.50. The maximum Gasteiger partial charge on any atom is 0.352 e. The molecule has 4 aliphatic rings. The minimum Gasteiger partial charge on any atom is -0.504 e. The summed E-state index contributed by atoms with van der Waals surface area (Å²) in [5, 5.41) is 40.6. The predicted molar refractivity (Wildman–Crippen MR) is 116 cm³/mol. The average molecular weight is 489 g/mol. The molecule has 6 atom stereocenters. The van der Waals surface area contributed by atoms with Gasteiger partial charge in [0, 0.05) is 18.0 Å². The molecule has 0 amide bonds. The monoisotopic (exact) mass is 489 g/mol. The van der Waals surface area contributed by atoms with E-state index in [0.29, 0.717) is 19.4 Å². The molecule has 2 aliphatic heterocycles. The van der Waals surface area contributed by atoms with Crippen LogP contribution in [0.5, 0.6) is 11.5 Å². The van der Waals surface area contributed by atoms with Gasteiger partial charge in [0.15, 0.2) is 29.8 Å². The van der Waals surface area contributed by atoms with Crippen LogP contribution in [0, 0.1) is 0 Å². The number of aromatic hydroxyl groups is 1. The molecule has 0 saturated carbocycles. The van der Waals surface area contributed by atoms with Crippen LogP contribution in [-0.2, 0) is 35.7 Å². The Morgan fingerprint density at radius 2 is 2.06 bits per heavy atom. The molecule has 1 aromatic rings. The summed E-state index contributed by atoms with van der Waals surface area (Å²) in [6.07, 6.45) is -2.12. The van der Waals surface area contributed by atoms with Crippen LogP contribution in [0.3, 0.4) is 0 Å². The Balaban J connectivity index is 1.42. The lowest BCUT2D eigenvalue weighted by Crippen LogP contribution is -2.74. The maximum atomic E-state index is 12.8. The van der Waals surface area contributed by atoms with Crippen LogP contribution in [0.25, 0.3) is 0 Å². The average Bonchev–Trinajstić information content (AvgIpc) is 3.15. The van der Waals surface area contributed by atoms with Crippen LogP contribution in [0.4, 0.5) is 0 Å². The smallest absolute Gasteiger partial charge is 0.352 e. The highest BCUT2D eigenvalue weighted by molar-refractivity contribution is 5.83. The molecule has 0 aromatic heterocycles. The normalized spacial score (nSPS) is 31.9. The van der Waals surface area contributed by atoms with Crippen molar-refractivity contribution in [3.63, 3.8) is 0 Å². The van der Waals surface area contributed by atoms with Crippen molar-refractivity contribution in [1.82, 2.24) is 4.90 Å². The number of likely N-dealkylation sites (N-methyl/N-ethyl adjacent to an activating group) is 1. The fraction of sp³-hybridized carbons (Fsp3) is 0.542. The molecule has 2 bridgehead atoms. The largest absolute Gasteiger partial charge is 0.504 e. The van der Waals surface area contributed by atoms with E-state index in [1.807, 2.05) is 13.1 Å². The van der Waals surface area contributed by atoms with Crippen molar-refractivity contribution < 1.29 is 49.0 Å². The predicted octanol–water partition coefficient (Wildman–Crippen LogP) is -0.0196. The molecular formula is C24H27NO10. The first-order valence-corrected chi connectivity index (χ1v) is 11.5. The van der Waals surface area contributed by atoms with Gasteiger partial charge in [-0.25, -0.2) is 9.59 Å². The topological polar surface area (TPSA) is 163 Å². The number of aliphatic hydroxyl groups excluding tert-OH is 1. The van der Waals surface area contributed by atoms with E-state index < -0.39 is 53.7 Å². The molecule has 1 fully saturated rings. The van der Waals surface area contributed by atoms with Crippen molar-refractivity contribution in [2.24, 2.45) is 0 Å². The van der Waals surface area contributed by atoms with Crippen LogP contribution in [0.2, 0.25) is 0 Å². The number of phenolic OH excluding ortho intramolecular Hbond substituents is 1. The van der Waals surface area contributed by atoms with Gasteiger partial charge in [-0.05, 0) is 51.1 Å². The number of esters is 2. The first-order valence-electron chi connectivity index (χ1n) is 11.5. The highest BCUT2D eigenvalue weighted by Crippen LogP contribution is 2.65. The molecule has 2 unspecified atom stereocenters. The number of aliphatic hydroxyl groups is 2. The van der Waals surface area contributed by atoms with Crippen LogP contribution in [0.1, 0.15) is 37.3 Å². The number of ether oxygens (including phenoxy) is 3. The van der Waals surface area contributed by atoms with E-state index in [-0.39, 0.29) is 29.7 Å². The van der Waals surface area contributed by atoms with Gasteiger partial charge >= 0.3 is 17.9 Å². The van der Waals surface area contributed by atoms with E-state index in [1.165, 1.54) is 6.92 Å². The van der Waals surface area contributed by atoms with Gasteiger partial charge in [-0.2, -0.15) is 0 Å². The van der Waals surface area contributed by atoms with Crippen molar-refractivity contribution in [3.05, 3.63) is 35.1 Å². The van der Waals surface area contributed by atoms with Crippen LogP contribution in [-0.4, -0.2) is 86.8 Å². The number of carboxylic acid groups (broad SMARTS) is 1. The number of likely N-dealkylation sites (tertiary alicyclic amines) is 1. The van der Waals surface area contributed by atoms with E-state index in [2.05, 4.69) is 4.90 Å². The summed E-state index contributed by atoms with van der Waals surface area (Å²) < 4.78 is 16.7. The molecule has 5 rings (SSSR count). The Kier molecular flexibility index (Phi) is 5.35. The molecule has 11 nitrogen and oxygen atoms in total. The zero-order chi connectivity index (χ0) is 25.3. The number of aliphatic carboxylic acids is 1. The van der Waals surface area contributed by atoms with Gasteiger partial charge in [0.2, 0.25) is 0 Å². The summed E-state index contributed by atoms with van der Waals surface area (Å²) in [6.45, 7) is 1.94. The third-order valence-corrected chi connectivity index (χ3v) is 7.86. The van der Waals surface area contributed by atoms with Crippen LogP contribution < -0.4 is 4.74 Å². The van der Waals surface area contributed by atoms with Gasteiger partial charge in [0.05, 0.1) is 17.4 Å². The van der Waals surface area contributed by atoms with Gasteiger partial charge < -0.3 is 39.5 Å². The van der Waals surface area contributed by atoms with Gasteiger partial charge in [-0.1, -0.05) is 6.07 Å². The highest BCUT2D eigenvalue weighted by atomic mass is 16.6. The van der Waals surface area contributed by atoms with E-state index >= 15 is 0 Å². The molecule has 1 spiro atoms. The lowest BCUT2D eigenvalue weighted by Gasteiger charge is -2.61. The standard InChI is InChI=1S/C24H27NO10/c1-11(33-17(28)10-14(27)21(29)30)22(31)34-15-5-6-24(32)16-9-12-3-4-13(26)19-18(12)23(24,20(15)35-19)7-8-25(16)2/h3-5,11,14,16,20,26-27,32H,6-10H2,1-2H3,(H,29,30)/t11-,14-,16+,20?,23?,24+/m0/s1. The minimum atomic E-state index is -1.94. The zero-order valence-corrected chi connectivity index (χ0v) is 19.3. The fourth-order valence-corrected chi connectivity index (χ4v) is 6.18. The Morgan fingerprint density at radius 3 is 2.77 bits per heavy atom. The Hall–Kier alpha value is -3.15. The first kappa shape index (κ1) is 23.6. The zero-order valence-electron chi connectivity index (χ0n) is 19.3. The van der Waals surface area contributed by atoms with E-state index in [4.69, 9.17) is 19.3 Å². The van der Waals surface area contributed by atoms with Crippen LogP contribution >= 0.6 is 0 Å². The second-order valence-corrected chi connectivity index (χ2v) is 9.71. The molecule has 188 valence electrons. The molecule has 1 aromatic carbocycles. The van der Waals surface area contributed by atoms with Gasteiger partial charge in [-0.3, -0.25) is 4.79 Å². The number of hydrogen-bond donors (Lipinski definition) is 4. The Labute approximate surface area is 200 Å². The lowest BCUT2D eigenvalue weighted by molar-refractivity contribution is -0.176. The quantitative estimate of drug-likeness (QED) is 0.397. The van der Waals surface area contributed by atoms with E-state index in [9.17, 15) is 29.7 Å². The van der Waals surface area contributed by atoms with E-state index in [0.717, 1.165) is 11.1 Å². The summed E-state index contributed by atoms with van der Waals surface area (Å²) in [4.78, 5) is 37.5.